The predicted molar refractivity (Wildman–Crippen MR) is 133 cm³/mol. The van der Waals surface area contributed by atoms with Crippen molar-refractivity contribution in [1.82, 2.24) is 14.7 Å². The number of amides is 2. The van der Waals surface area contributed by atoms with Gasteiger partial charge in [-0.05, 0) is 67.5 Å². The predicted octanol–water partition coefficient (Wildman–Crippen LogP) is 5.63. The number of benzene rings is 2. The molecule has 3 aromatic rings. The van der Waals surface area contributed by atoms with Crippen molar-refractivity contribution in [1.29, 1.82) is 0 Å². The number of fused-ring (bicyclic) bond motifs is 1. The van der Waals surface area contributed by atoms with Crippen LogP contribution in [0.15, 0.2) is 42.6 Å². The molecule has 2 amide bonds. The summed E-state index contributed by atoms with van der Waals surface area (Å²) in [6.45, 7) is -0.0706. The smallest absolute Gasteiger partial charge is 0.328 e. The lowest BCUT2D eigenvalue weighted by atomic mass is 9.90. The van der Waals surface area contributed by atoms with Crippen LogP contribution >= 0.6 is 23.4 Å². The Hall–Kier alpha value is -2.56. The maximum Gasteiger partial charge on any atom is 0.416 e. The van der Waals surface area contributed by atoms with Gasteiger partial charge in [-0.25, -0.2) is 0 Å². The van der Waals surface area contributed by atoms with Gasteiger partial charge in [-0.1, -0.05) is 35.5 Å². The summed E-state index contributed by atoms with van der Waals surface area (Å²) in [6, 6.07) is 9.05. The maximum absolute atomic E-state index is 13.5. The first kappa shape index (κ1) is 25.1. The summed E-state index contributed by atoms with van der Waals surface area (Å²) in [5.74, 6) is -0.178. The largest absolute Gasteiger partial charge is 0.416 e. The number of nitrogens with zero attached hydrogens (tertiary/aromatic N) is 3. The second-order valence-corrected chi connectivity index (χ2v) is 11.0. The monoisotopic (exact) mass is 536 g/mol. The lowest BCUT2D eigenvalue weighted by molar-refractivity contribution is -0.138. The molecule has 5 rings (SSSR count). The Labute approximate surface area is 214 Å². The zero-order valence-corrected chi connectivity index (χ0v) is 20.7. The molecule has 0 spiro atoms. The molecule has 0 radical (unpaired) electrons. The van der Waals surface area contributed by atoms with Crippen molar-refractivity contribution in [2.45, 2.75) is 62.2 Å². The fraction of sp³-hybridized carbons (Fsp3) is 0.400. The van der Waals surface area contributed by atoms with Crippen molar-refractivity contribution in [2.75, 3.05) is 0 Å². The van der Waals surface area contributed by atoms with Crippen molar-refractivity contribution < 1.29 is 22.8 Å². The highest BCUT2D eigenvalue weighted by molar-refractivity contribution is 8.15. The summed E-state index contributed by atoms with van der Waals surface area (Å²) in [4.78, 5) is 27.1. The fourth-order valence-corrected chi connectivity index (χ4v) is 6.34. The number of halogens is 4. The SMILES string of the molecule is NC1CCCC(N2C(=O)SC(Cc3ccc4c(cnn4Cc4ccc(Cl)cc4C(F)(F)F)c3)C2=O)C1. The minimum Gasteiger partial charge on any atom is -0.328 e. The van der Waals surface area contributed by atoms with Crippen LogP contribution in [0.25, 0.3) is 10.9 Å². The Bertz CT molecular complexity index is 1330. The number of nitrogens with two attached hydrogens (primary N) is 1. The number of imide groups is 1. The highest BCUT2D eigenvalue weighted by atomic mass is 35.5. The summed E-state index contributed by atoms with van der Waals surface area (Å²) in [7, 11) is 0. The van der Waals surface area contributed by atoms with Gasteiger partial charge in [-0.3, -0.25) is 19.2 Å². The van der Waals surface area contributed by atoms with Crippen LogP contribution in [0.1, 0.15) is 42.4 Å². The number of hydrogen-bond acceptors (Lipinski definition) is 5. The molecular formula is C25H24ClF3N4O2S. The van der Waals surface area contributed by atoms with E-state index in [9.17, 15) is 22.8 Å². The molecule has 3 unspecified atom stereocenters. The van der Waals surface area contributed by atoms with E-state index < -0.39 is 17.0 Å². The van der Waals surface area contributed by atoms with Crippen LogP contribution in [0.3, 0.4) is 0 Å². The van der Waals surface area contributed by atoms with E-state index in [2.05, 4.69) is 5.10 Å². The Kier molecular flexibility index (Phi) is 6.78. The van der Waals surface area contributed by atoms with Gasteiger partial charge in [0.2, 0.25) is 5.91 Å². The Morgan fingerprint density at radius 3 is 2.69 bits per heavy atom. The number of carbonyl (C=O) groups excluding carboxylic acids is 2. The fourth-order valence-electron chi connectivity index (χ4n) is 5.08. The van der Waals surface area contributed by atoms with Crippen LogP contribution in [-0.2, 0) is 23.9 Å². The van der Waals surface area contributed by atoms with Crippen LogP contribution < -0.4 is 5.73 Å². The molecule has 1 saturated heterocycles. The van der Waals surface area contributed by atoms with Crippen LogP contribution in [-0.4, -0.2) is 43.2 Å². The Morgan fingerprint density at radius 1 is 1.14 bits per heavy atom. The maximum atomic E-state index is 13.5. The van der Waals surface area contributed by atoms with E-state index in [1.165, 1.54) is 21.7 Å². The summed E-state index contributed by atoms with van der Waals surface area (Å²) >= 11 is 6.84. The zero-order valence-electron chi connectivity index (χ0n) is 19.2. The molecule has 1 saturated carbocycles. The van der Waals surface area contributed by atoms with Gasteiger partial charge in [-0.15, -0.1) is 0 Å². The number of alkyl halides is 3. The number of hydrogen-bond donors (Lipinski definition) is 1. The second-order valence-electron chi connectivity index (χ2n) is 9.36. The van der Waals surface area contributed by atoms with E-state index >= 15 is 0 Å². The highest BCUT2D eigenvalue weighted by Gasteiger charge is 2.44. The molecule has 11 heteroatoms. The first-order valence-electron chi connectivity index (χ1n) is 11.7. The average Bonchev–Trinajstić information content (AvgIpc) is 3.33. The third-order valence-corrected chi connectivity index (χ3v) is 8.12. The molecule has 1 aromatic heterocycles. The summed E-state index contributed by atoms with van der Waals surface area (Å²) in [5, 5.41) is 4.32. The van der Waals surface area contributed by atoms with E-state index in [0.717, 1.165) is 48.0 Å². The Morgan fingerprint density at radius 2 is 1.94 bits per heavy atom. The van der Waals surface area contributed by atoms with Crippen molar-refractivity contribution in [3.05, 3.63) is 64.3 Å². The van der Waals surface area contributed by atoms with Crippen LogP contribution in [0.4, 0.5) is 18.0 Å². The number of carbonyl (C=O) groups is 2. The first-order valence-corrected chi connectivity index (χ1v) is 13.0. The van der Waals surface area contributed by atoms with Gasteiger partial charge in [0.1, 0.15) is 0 Å². The summed E-state index contributed by atoms with van der Waals surface area (Å²) in [6.07, 6.45) is 0.669. The third-order valence-electron chi connectivity index (χ3n) is 6.83. The van der Waals surface area contributed by atoms with Gasteiger partial charge in [-0.2, -0.15) is 18.3 Å². The van der Waals surface area contributed by atoms with E-state index in [-0.39, 0.29) is 40.4 Å². The molecule has 1 aliphatic heterocycles. The van der Waals surface area contributed by atoms with E-state index in [1.54, 1.807) is 12.3 Å². The first-order chi connectivity index (χ1) is 17.1. The standard InChI is InChI=1S/C25H24ClF3N4O2S/c26-17-6-5-15(20(10-17)25(27,28)29)13-32-21-7-4-14(8-16(21)12-31-32)9-22-23(34)33(24(35)36-22)19-3-1-2-18(30)11-19/h4-8,10,12,18-19,22H,1-3,9,11,13,30H2. The molecule has 2 heterocycles. The number of aromatic nitrogens is 2. The average molecular weight is 537 g/mol. The lowest BCUT2D eigenvalue weighted by Gasteiger charge is -2.32. The van der Waals surface area contributed by atoms with E-state index in [0.29, 0.717) is 18.4 Å². The molecular weight excluding hydrogens is 513 g/mol. The lowest BCUT2D eigenvalue weighted by Crippen LogP contribution is -2.46. The third kappa shape index (κ3) is 4.99. The summed E-state index contributed by atoms with van der Waals surface area (Å²) in [5.41, 5.74) is 6.85. The topological polar surface area (TPSA) is 81.2 Å². The molecule has 2 N–H and O–H groups in total. The van der Waals surface area contributed by atoms with Crippen LogP contribution in [0.5, 0.6) is 0 Å². The van der Waals surface area contributed by atoms with Crippen molar-refractivity contribution in [3.8, 4) is 0 Å². The molecule has 1 aliphatic carbocycles. The molecule has 36 heavy (non-hydrogen) atoms. The van der Waals surface area contributed by atoms with Crippen molar-refractivity contribution in [2.24, 2.45) is 5.73 Å². The van der Waals surface area contributed by atoms with Gasteiger partial charge < -0.3 is 5.73 Å². The van der Waals surface area contributed by atoms with Gasteiger partial charge in [0, 0.05) is 22.5 Å². The molecule has 0 bridgehead atoms. The number of rotatable bonds is 5. The van der Waals surface area contributed by atoms with Crippen molar-refractivity contribution in [3.63, 3.8) is 0 Å². The second kappa shape index (κ2) is 9.72. The number of thioether (sulfide) groups is 1. The van der Waals surface area contributed by atoms with Gasteiger partial charge >= 0.3 is 6.18 Å². The highest BCUT2D eigenvalue weighted by Crippen LogP contribution is 2.36. The van der Waals surface area contributed by atoms with Gasteiger partial charge in [0.25, 0.3) is 5.24 Å². The molecule has 3 atom stereocenters. The zero-order chi connectivity index (χ0) is 25.6. The van der Waals surface area contributed by atoms with E-state index in [1.807, 2.05) is 12.1 Å². The van der Waals surface area contributed by atoms with Crippen LogP contribution in [0, 0.1) is 0 Å². The van der Waals surface area contributed by atoms with Gasteiger partial charge in [0.05, 0.1) is 29.1 Å². The van der Waals surface area contributed by atoms with Gasteiger partial charge in [0.15, 0.2) is 0 Å². The molecule has 2 aromatic carbocycles. The molecule has 2 aliphatic rings. The Balaban J connectivity index is 1.33. The quantitative estimate of drug-likeness (QED) is 0.457. The summed E-state index contributed by atoms with van der Waals surface area (Å²) < 4.78 is 42.0. The normalized spacial score (nSPS) is 23.1. The molecule has 2 fully saturated rings. The molecule has 190 valence electrons. The van der Waals surface area contributed by atoms with Crippen molar-refractivity contribution >= 4 is 45.4 Å². The minimum absolute atomic E-state index is 0.00688. The van der Waals surface area contributed by atoms with Crippen LogP contribution in [0.2, 0.25) is 5.02 Å². The van der Waals surface area contributed by atoms with E-state index in [4.69, 9.17) is 17.3 Å². The minimum atomic E-state index is -4.53. The molecule has 6 nitrogen and oxygen atoms in total.